The second-order valence-electron chi connectivity index (χ2n) is 7.20. The first-order chi connectivity index (χ1) is 14.5. The molecule has 0 atom stereocenters. The summed E-state index contributed by atoms with van der Waals surface area (Å²) in [4.78, 5) is 26.8. The monoisotopic (exact) mass is 426 g/mol. The molecule has 2 aromatic carbocycles. The molecule has 0 saturated carbocycles. The number of H-pyrrole nitrogens is 1. The fourth-order valence-electron chi connectivity index (χ4n) is 3.53. The van der Waals surface area contributed by atoms with Crippen LogP contribution in [0.1, 0.15) is 33.7 Å². The summed E-state index contributed by atoms with van der Waals surface area (Å²) in [6.07, 6.45) is 1.20. The number of likely N-dealkylation sites (tertiary alicyclic amines) is 1. The van der Waals surface area contributed by atoms with Gasteiger partial charge in [0.1, 0.15) is 11.5 Å². The van der Waals surface area contributed by atoms with Crippen LogP contribution in [0.5, 0.6) is 0 Å². The Morgan fingerprint density at radius 1 is 1.10 bits per heavy atom. The van der Waals surface area contributed by atoms with Crippen LogP contribution in [0.4, 0.5) is 4.39 Å². The molecule has 1 aromatic heterocycles. The van der Waals surface area contributed by atoms with Crippen LogP contribution in [0, 0.1) is 5.82 Å². The summed E-state index contributed by atoms with van der Waals surface area (Å²) in [7, 11) is 0. The molecule has 0 aliphatic carbocycles. The van der Waals surface area contributed by atoms with Gasteiger partial charge in [-0.3, -0.25) is 14.7 Å². The van der Waals surface area contributed by atoms with E-state index in [1.54, 1.807) is 35.2 Å². The van der Waals surface area contributed by atoms with Gasteiger partial charge in [0.2, 0.25) is 0 Å². The van der Waals surface area contributed by atoms with Crippen molar-refractivity contribution in [2.45, 2.75) is 18.9 Å². The van der Waals surface area contributed by atoms with Gasteiger partial charge >= 0.3 is 0 Å². The van der Waals surface area contributed by atoms with Gasteiger partial charge in [0, 0.05) is 29.7 Å². The summed E-state index contributed by atoms with van der Waals surface area (Å²) >= 11 is 6.02. The molecule has 0 unspecified atom stereocenters. The topological polar surface area (TPSA) is 78.1 Å². The van der Waals surface area contributed by atoms with E-state index in [-0.39, 0.29) is 17.5 Å². The first kappa shape index (κ1) is 20.1. The van der Waals surface area contributed by atoms with E-state index in [0.717, 1.165) is 5.56 Å². The highest BCUT2D eigenvalue weighted by molar-refractivity contribution is 6.30. The molecule has 1 aliphatic heterocycles. The van der Waals surface area contributed by atoms with E-state index in [9.17, 15) is 14.0 Å². The molecule has 0 spiro atoms. The Labute approximate surface area is 178 Å². The molecule has 1 fully saturated rings. The van der Waals surface area contributed by atoms with Crippen molar-refractivity contribution < 1.29 is 14.0 Å². The normalized spacial score (nSPS) is 14.5. The fourth-order valence-corrected chi connectivity index (χ4v) is 3.72. The Bertz CT molecular complexity index is 1080. The Morgan fingerprint density at radius 3 is 2.60 bits per heavy atom. The molecule has 2 heterocycles. The van der Waals surface area contributed by atoms with Crippen LogP contribution in [-0.4, -0.2) is 46.0 Å². The summed E-state index contributed by atoms with van der Waals surface area (Å²) < 4.78 is 13.8. The molecular weight excluding hydrogens is 407 g/mol. The second kappa shape index (κ2) is 8.67. The van der Waals surface area contributed by atoms with Crippen LogP contribution in [0.2, 0.25) is 5.02 Å². The molecule has 8 heteroatoms. The smallest absolute Gasteiger partial charge is 0.271 e. The number of aromatic amines is 1. The average molecular weight is 427 g/mol. The number of amides is 2. The first-order valence-corrected chi connectivity index (χ1v) is 10.0. The second-order valence-corrected chi connectivity index (χ2v) is 7.63. The van der Waals surface area contributed by atoms with Crippen molar-refractivity contribution >= 4 is 23.4 Å². The molecule has 0 bridgehead atoms. The van der Waals surface area contributed by atoms with E-state index in [1.807, 2.05) is 12.1 Å². The number of hydrogen-bond acceptors (Lipinski definition) is 3. The maximum Gasteiger partial charge on any atom is 0.271 e. The minimum absolute atomic E-state index is 0.0296. The van der Waals surface area contributed by atoms with E-state index >= 15 is 0 Å². The third kappa shape index (κ3) is 4.36. The lowest BCUT2D eigenvalue weighted by Crippen LogP contribution is -2.46. The number of rotatable bonds is 4. The maximum absolute atomic E-state index is 13.8. The maximum atomic E-state index is 13.8. The third-order valence-corrected chi connectivity index (χ3v) is 5.40. The summed E-state index contributed by atoms with van der Waals surface area (Å²) in [5, 5.41) is 10.5. The third-order valence-electron chi connectivity index (χ3n) is 5.16. The number of hydrogen-bond donors (Lipinski definition) is 2. The van der Waals surface area contributed by atoms with E-state index in [1.165, 1.54) is 12.1 Å². The molecule has 2 amide bonds. The molecule has 30 heavy (non-hydrogen) atoms. The van der Waals surface area contributed by atoms with E-state index in [0.29, 0.717) is 42.3 Å². The molecule has 1 aliphatic rings. The van der Waals surface area contributed by atoms with Crippen molar-refractivity contribution in [2.75, 3.05) is 13.1 Å². The van der Waals surface area contributed by atoms with Crippen molar-refractivity contribution in [3.05, 3.63) is 76.7 Å². The molecule has 6 nitrogen and oxygen atoms in total. The highest BCUT2D eigenvalue weighted by atomic mass is 35.5. The molecule has 4 rings (SSSR count). The lowest BCUT2D eigenvalue weighted by molar-refractivity contribution is 0.0692. The van der Waals surface area contributed by atoms with Crippen LogP contribution in [0.15, 0.2) is 54.6 Å². The van der Waals surface area contributed by atoms with Gasteiger partial charge in [0.25, 0.3) is 11.8 Å². The number of halogens is 2. The standard InChI is InChI=1S/C22H20ClFN4O2/c23-15-5-3-4-14(12-15)19-13-20(27-26-19)22(30)28-10-8-16(9-11-28)25-21(29)17-6-1-2-7-18(17)24/h1-7,12-13,16H,8-11H2,(H,25,29)(H,26,27). The highest BCUT2D eigenvalue weighted by Crippen LogP contribution is 2.22. The average Bonchev–Trinajstić information content (AvgIpc) is 3.24. The van der Waals surface area contributed by atoms with Crippen molar-refractivity contribution in [1.29, 1.82) is 0 Å². The van der Waals surface area contributed by atoms with Crippen molar-refractivity contribution in [1.82, 2.24) is 20.4 Å². The van der Waals surface area contributed by atoms with Crippen LogP contribution in [0.25, 0.3) is 11.3 Å². The SMILES string of the molecule is O=C(NC1CCN(C(=O)c2cc(-c3cccc(Cl)c3)n[nH]2)CC1)c1ccccc1F. The van der Waals surface area contributed by atoms with Crippen molar-refractivity contribution in [3.63, 3.8) is 0 Å². The summed E-state index contributed by atoms with van der Waals surface area (Å²) in [5.41, 5.74) is 1.90. The summed E-state index contributed by atoms with van der Waals surface area (Å²) in [6.45, 7) is 0.985. The predicted molar refractivity (Wildman–Crippen MR) is 112 cm³/mol. The minimum atomic E-state index is -0.544. The highest BCUT2D eigenvalue weighted by Gasteiger charge is 2.26. The zero-order chi connectivity index (χ0) is 21.1. The minimum Gasteiger partial charge on any atom is -0.349 e. The van der Waals surface area contributed by atoms with Gasteiger partial charge in [-0.05, 0) is 43.2 Å². The van der Waals surface area contributed by atoms with Crippen molar-refractivity contribution in [3.8, 4) is 11.3 Å². The van der Waals surface area contributed by atoms with Gasteiger partial charge < -0.3 is 10.2 Å². The largest absolute Gasteiger partial charge is 0.349 e. The van der Waals surface area contributed by atoms with E-state index < -0.39 is 11.7 Å². The zero-order valence-corrected chi connectivity index (χ0v) is 16.8. The number of benzene rings is 2. The van der Waals surface area contributed by atoms with Gasteiger partial charge in [-0.1, -0.05) is 35.9 Å². The van der Waals surface area contributed by atoms with Crippen LogP contribution in [-0.2, 0) is 0 Å². The number of nitrogens with zero attached hydrogens (tertiary/aromatic N) is 2. The number of piperidine rings is 1. The number of carbonyl (C=O) groups is 2. The first-order valence-electron chi connectivity index (χ1n) is 9.67. The molecule has 2 N–H and O–H groups in total. The van der Waals surface area contributed by atoms with Crippen molar-refractivity contribution in [2.24, 2.45) is 0 Å². The van der Waals surface area contributed by atoms with Gasteiger partial charge in [0.15, 0.2) is 0 Å². The zero-order valence-electron chi connectivity index (χ0n) is 16.1. The van der Waals surface area contributed by atoms with E-state index in [2.05, 4.69) is 15.5 Å². The van der Waals surface area contributed by atoms with Gasteiger partial charge in [-0.2, -0.15) is 5.10 Å². The number of carbonyl (C=O) groups excluding carboxylic acids is 2. The Balaban J connectivity index is 1.35. The van der Waals surface area contributed by atoms with Crippen LogP contribution < -0.4 is 5.32 Å². The lowest BCUT2D eigenvalue weighted by Gasteiger charge is -2.32. The number of nitrogens with one attached hydrogen (secondary N) is 2. The number of aromatic nitrogens is 2. The van der Waals surface area contributed by atoms with E-state index in [4.69, 9.17) is 11.6 Å². The van der Waals surface area contributed by atoms with Gasteiger partial charge in [0.05, 0.1) is 11.3 Å². The molecule has 154 valence electrons. The quantitative estimate of drug-likeness (QED) is 0.664. The summed E-state index contributed by atoms with van der Waals surface area (Å²) in [5.74, 6) is -1.12. The molecule has 3 aromatic rings. The van der Waals surface area contributed by atoms with Gasteiger partial charge in [-0.25, -0.2) is 4.39 Å². The summed E-state index contributed by atoms with van der Waals surface area (Å²) in [6, 6.07) is 14.8. The molecule has 0 radical (unpaired) electrons. The van der Waals surface area contributed by atoms with Gasteiger partial charge in [-0.15, -0.1) is 0 Å². The Hall–Kier alpha value is -3.19. The Kier molecular flexibility index (Phi) is 5.81. The Morgan fingerprint density at radius 2 is 1.87 bits per heavy atom. The predicted octanol–water partition coefficient (Wildman–Crippen LogP) is 3.90. The molecule has 1 saturated heterocycles. The van der Waals surface area contributed by atoms with Crippen LogP contribution in [0.3, 0.4) is 0 Å². The fraction of sp³-hybridized carbons (Fsp3) is 0.227. The van der Waals surface area contributed by atoms with Crippen LogP contribution >= 0.6 is 11.6 Å². The molecular formula is C22H20ClFN4O2. The lowest BCUT2D eigenvalue weighted by atomic mass is 10.0.